The van der Waals surface area contributed by atoms with E-state index in [-0.39, 0.29) is 11.7 Å². The summed E-state index contributed by atoms with van der Waals surface area (Å²) in [5, 5.41) is 16.4. The standard InChI is InChI=1S/C17H19BrN6OS/c1-3-23-10-12(9-19-23)16-21-22-17(24(16)4-2)26-11-15(25)20-14-7-5-13(18)6-8-14/h5-10H,3-4,11H2,1-2H3,(H,20,25). The number of rotatable bonds is 7. The van der Waals surface area contributed by atoms with Gasteiger partial charge in [0.2, 0.25) is 5.91 Å². The molecule has 2 aromatic heterocycles. The highest BCUT2D eigenvalue weighted by Gasteiger charge is 2.16. The summed E-state index contributed by atoms with van der Waals surface area (Å²) >= 11 is 4.75. The summed E-state index contributed by atoms with van der Waals surface area (Å²) in [6, 6.07) is 7.48. The molecule has 0 aliphatic carbocycles. The summed E-state index contributed by atoms with van der Waals surface area (Å²) in [4.78, 5) is 12.2. The van der Waals surface area contributed by atoms with E-state index in [1.165, 1.54) is 11.8 Å². The number of carbonyl (C=O) groups excluding carboxylic acids is 1. The molecule has 0 saturated heterocycles. The minimum atomic E-state index is -0.0803. The first kappa shape index (κ1) is 18.7. The van der Waals surface area contributed by atoms with Crippen LogP contribution in [0.5, 0.6) is 0 Å². The number of benzene rings is 1. The smallest absolute Gasteiger partial charge is 0.234 e. The number of carbonyl (C=O) groups is 1. The van der Waals surface area contributed by atoms with E-state index < -0.39 is 0 Å². The van der Waals surface area contributed by atoms with E-state index in [4.69, 9.17) is 0 Å². The Morgan fingerprint density at radius 2 is 1.96 bits per heavy atom. The number of thioether (sulfide) groups is 1. The summed E-state index contributed by atoms with van der Waals surface area (Å²) in [6.45, 7) is 5.59. The molecular weight excluding hydrogens is 416 g/mol. The third kappa shape index (κ3) is 4.34. The zero-order chi connectivity index (χ0) is 18.5. The van der Waals surface area contributed by atoms with Crippen LogP contribution in [0.15, 0.2) is 46.3 Å². The first-order chi connectivity index (χ1) is 12.6. The van der Waals surface area contributed by atoms with Gasteiger partial charge in [-0.25, -0.2) is 0 Å². The lowest BCUT2D eigenvalue weighted by molar-refractivity contribution is -0.113. The quantitative estimate of drug-likeness (QED) is 0.573. The molecule has 7 nitrogen and oxygen atoms in total. The van der Waals surface area contributed by atoms with E-state index >= 15 is 0 Å². The fraction of sp³-hybridized carbons (Fsp3) is 0.294. The summed E-state index contributed by atoms with van der Waals surface area (Å²) in [5.41, 5.74) is 1.69. The maximum absolute atomic E-state index is 12.2. The molecule has 3 aromatic rings. The zero-order valence-corrected chi connectivity index (χ0v) is 16.9. The Balaban J connectivity index is 1.66. The van der Waals surface area contributed by atoms with Gasteiger partial charge in [0.25, 0.3) is 0 Å². The van der Waals surface area contributed by atoms with Crippen molar-refractivity contribution in [1.29, 1.82) is 0 Å². The second kappa shape index (κ2) is 8.50. The number of amides is 1. The molecular formula is C17H19BrN6OS. The van der Waals surface area contributed by atoms with Gasteiger partial charge in [0.15, 0.2) is 11.0 Å². The predicted molar refractivity (Wildman–Crippen MR) is 106 cm³/mol. The molecule has 0 spiro atoms. The third-order valence-electron chi connectivity index (χ3n) is 3.71. The van der Waals surface area contributed by atoms with Gasteiger partial charge in [-0.1, -0.05) is 27.7 Å². The van der Waals surface area contributed by atoms with Crippen LogP contribution in [0.25, 0.3) is 11.4 Å². The molecule has 3 rings (SSSR count). The van der Waals surface area contributed by atoms with Crippen molar-refractivity contribution in [3.63, 3.8) is 0 Å². The fourth-order valence-electron chi connectivity index (χ4n) is 2.41. The second-order valence-corrected chi connectivity index (χ2v) is 7.34. The first-order valence-electron chi connectivity index (χ1n) is 8.25. The van der Waals surface area contributed by atoms with Crippen LogP contribution in [0.4, 0.5) is 5.69 Å². The lowest BCUT2D eigenvalue weighted by Crippen LogP contribution is -2.14. The Hall–Kier alpha value is -2.13. The van der Waals surface area contributed by atoms with Crippen molar-refractivity contribution >= 4 is 39.3 Å². The Morgan fingerprint density at radius 1 is 1.19 bits per heavy atom. The van der Waals surface area contributed by atoms with Crippen molar-refractivity contribution < 1.29 is 4.79 Å². The summed E-state index contributed by atoms with van der Waals surface area (Å²) in [6.07, 6.45) is 3.74. The summed E-state index contributed by atoms with van der Waals surface area (Å²) < 4.78 is 4.82. The van der Waals surface area contributed by atoms with Crippen molar-refractivity contribution in [2.45, 2.75) is 32.1 Å². The number of hydrogen-bond donors (Lipinski definition) is 1. The number of aryl methyl sites for hydroxylation is 1. The Labute approximate surface area is 164 Å². The van der Waals surface area contributed by atoms with Crippen molar-refractivity contribution in [2.24, 2.45) is 0 Å². The Kier molecular flexibility index (Phi) is 6.10. The molecule has 1 N–H and O–H groups in total. The molecule has 0 unspecified atom stereocenters. The van der Waals surface area contributed by atoms with Gasteiger partial charge >= 0.3 is 0 Å². The van der Waals surface area contributed by atoms with Gasteiger partial charge in [-0.3, -0.25) is 9.48 Å². The van der Waals surface area contributed by atoms with Gasteiger partial charge in [-0.2, -0.15) is 5.10 Å². The lowest BCUT2D eigenvalue weighted by atomic mass is 10.3. The van der Waals surface area contributed by atoms with Gasteiger partial charge in [0, 0.05) is 29.4 Å². The van der Waals surface area contributed by atoms with Crippen LogP contribution < -0.4 is 5.32 Å². The number of halogens is 1. The van der Waals surface area contributed by atoms with E-state index in [0.717, 1.165) is 39.8 Å². The molecule has 0 bridgehead atoms. The largest absolute Gasteiger partial charge is 0.325 e. The summed E-state index contributed by atoms with van der Waals surface area (Å²) in [5.74, 6) is 0.953. The van der Waals surface area contributed by atoms with Gasteiger partial charge in [-0.05, 0) is 38.1 Å². The van der Waals surface area contributed by atoms with E-state index in [2.05, 4.69) is 36.5 Å². The van der Waals surface area contributed by atoms with Crippen LogP contribution in [0.3, 0.4) is 0 Å². The second-order valence-electron chi connectivity index (χ2n) is 5.48. The molecule has 1 amide bonds. The fourth-order valence-corrected chi connectivity index (χ4v) is 3.47. The average molecular weight is 435 g/mol. The number of hydrogen-bond acceptors (Lipinski definition) is 5. The lowest BCUT2D eigenvalue weighted by Gasteiger charge is -2.07. The molecule has 1 aromatic carbocycles. The number of nitrogens with one attached hydrogen (secondary N) is 1. The predicted octanol–water partition coefficient (Wildman–Crippen LogP) is 3.67. The molecule has 0 atom stereocenters. The van der Waals surface area contributed by atoms with Crippen molar-refractivity contribution in [3.8, 4) is 11.4 Å². The van der Waals surface area contributed by atoms with Crippen molar-refractivity contribution in [3.05, 3.63) is 41.1 Å². The highest BCUT2D eigenvalue weighted by atomic mass is 79.9. The first-order valence-corrected chi connectivity index (χ1v) is 10.0. The minimum absolute atomic E-state index is 0.0803. The van der Waals surface area contributed by atoms with E-state index in [0.29, 0.717) is 0 Å². The van der Waals surface area contributed by atoms with Gasteiger partial charge in [0.1, 0.15) is 0 Å². The number of aromatic nitrogens is 5. The highest BCUT2D eigenvalue weighted by molar-refractivity contribution is 9.10. The topological polar surface area (TPSA) is 77.6 Å². The number of nitrogens with zero attached hydrogens (tertiary/aromatic N) is 5. The Morgan fingerprint density at radius 3 is 2.62 bits per heavy atom. The maximum Gasteiger partial charge on any atom is 0.234 e. The van der Waals surface area contributed by atoms with Crippen LogP contribution in [0.1, 0.15) is 13.8 Å². The SMILES string of the molecule is CCn1cc(-c2nnc(SCC(=O)Nc3ccc(Br)cc3)n2CC)cn1. The maximum atomic E-state index is 12.2. The zero-order valence-electron chi connectivity index (χ0n) is 14.5. The molecule has 0 radical (unpaired) electrons. The molecule has 0 aliphatic rings. The van der Waals surface area contributed by atoms with E-state index in [9.17, 15) is 4.79 Å². The molecule has 0 aliphatic heterocycles. The van der Waals surface area contributed by atoms with Crippen molar-refractivity contribution in [1.82, 2.24) is 24.5 Å². The Bertz CT molecular complexity index is 889. The molecule has 0 saturated carbocycles. The van der Waals surface area contributed by atoms with Crippen LogP contribution in [0, 0.1) is 0 Å². The minimum Gasteiger partial charge on any atom is -0.325 e. The van der Waals surface area contributed by atoms with Crippen LogP contribution >= 0.6 is 27.7 Å². The van der Waals surface area contributed by atoms with Crippen LogP contribution in [-0.4, -0.2) is 36.2 Å². The molecule has 9 heteroatoms. The normalized spacial score (nSPS) is 10.9. The summed E-state index contributed by atoms with van der Waals surface area (Å²) in [7, 11) is 0. The highest BCUT2D eigenvalue weighted by Crippen LogP contribution is 2.24. The van der Waals surface area contributed by atoms with E-state index in [1.54, 1.807) is 6.20 Å². The monoisotopic (exact) mass is 434 g/mol. The van der Waals surface area contributed by atoms with Crippen molar-refractivity contribution in [2.75, 3.05) is 11.1 Å². The van der Waals surface area contributed by atoms with E-state index in [1.807, 2.05) is 53.6 Å². The molecule has 136 valence electrons. The van der Waals surface area contributed by atoms with Gasteiger partial charge in [-0.15, -0.1) is 10.2 Å². The van der Waals surface area contributed by atoms with Crippen LogP contribution in [0.2, 0.25) is 0 Å². The van der Waals surface area contributed by atoms with Gasteiger partial charge < -0.3 is 9.88 Å². The molecule has 0 fully saturated rings. The number of anilines is 1. The average Bonchev–Trinajstić information content (AvgIpc) is 3.27. The van der Waals surface area contributed by atoms with Crippen LogP contribution in [-0.2, 0) is 17.9 Å². The molecule has 26 heavy (non-hydrogen) atoms. The van der Waals surface area contributed by atoms with Gasteiger partial charge in [0.05, 0.1) is 17.5 Å². The molecule has 2 heterocycles. The third-order valence-corrected chi connectivity index (χ3v) is 5.20.